The maximum absolute atomic E-state index is 13.3. The Kier molecular flexibility index (Phi) is 3.33. The molecule has 16 heavy (non-hydrogen) atoms. The molecule has 0 aromatic heterocycles. The first-order valence-corrected chi connectivity index (χ1v) is 5.39. The van der Waals surface area contributed by atoms with Crippen molar-refractivity contribution in [2.45, 2.75) is 12.8 Å². The number of nitrogens with one attached hydrogen (secondary N) is 1. The summed E-state index contributed by atoms with van der Waals surface area (Å²) >= 11 is 0. The summed E-state index contributed by atoms with van der Waals surface area (Å²) in [6.45, 7) is 1.98. The maximum Gasteiger partial charge on any atom is 0.141 e. The van der Waals surface area contributed by atoms with Crippen LogP contribution in [0.25, 0.3) is 6.08 Å². The Morgan fingerprint density at radius 2 is 2.06 bits per heavy atom. The molecule has 82 valence electrons. The summed E-state index contributed by atoms with van der Waals surface area (Å²) in [6, 6.07) is 6.56. The van der Waals surface area contributed by atoms with Crippen LogP contribution in [0.4, 0.5) is 4.39 Å². The number of rotatable bonds is 1. The van der Waals surface area contributed by atoms with Crippen LogP contribution in [0.1, 0.15) is 24.0 Å². The standard InChI is InChI=1S/C13H13FN2/c14-13-8-11(1-2-12(13)9-15)7-10-3-5-16-6-4-10/h1-2,7-8,16H,3-6H2. The van der Waals surface area contributed by atoms with E-state index in [9.17, 15) is 4.39 Å². The largest absolute Gasteiger partial charge is 0.316 e. The SMILES string of the molecule is N#Cc1ccc(C=C2CCNCC2)cc1F. The predicted molar refractivity (Wildman–Crippen MR) is 61.2 cm³/mol. The molecule has 0 amide bonds. The molecule has 0 spiro atoms. The first-order valence-electron chi connectivity index (χ1n) is 5.39. The molecule has 1 fully saturated rings. The molecular weight excluding hydrogens is 203 g/mol. The van der Waals surface area contributed by atoms with Crippen molar-refractivity contribution in [3.05, 3.63) is 40.7 Å². The third-order valence-electron chi connectivity index (χ3n) is 2.73. The predicted octanol–water partition coefficient (Wildman–Crippen LogP) is 2.46. The minimum atomic E-state index is -0.439. The Hall–Kier alpha value is -1.66. The van der Waals surface area contributed by atoms with Gasteiger partial charge in [-0.2, -0.15) is 5.26 Å². The molecular formula is C13H13FN2. The van der Waals surface area contributed by atoms with Crippen LogP contribution in [0, 0.1) is 17.1 Å². The van der Waals surface area contributed by atoms with Gasteiger partial charge in [-0.1, -0.05) is 17.7 Å². The van der Waals surface area contributed by atoms with Crippen molar-refractivity contribution in [1.29, 1.82) is 5.26 Å². The van der Waals surface area contributed by atoms with E-state index in [1.54, 1.807) is 6.07 Å². The van der Waals surface area contributed by atoms with Gasteiger partial charge in [-0.15, -0.1) is 0 Å². The van der Waals surface area contributed by atoms with E-state index < -0.39 is 5.82 Å². The van der Waals surface area contributed by atoms with Gasteiger partial charge in [0, 0.05) is 0 Å². The monoisotopic (exact) mass is 216 g/mol. The van der Waals surface area contributed by atoms with Crippen molar-refractivity contribution in [2.75, 3.05) is 13.1 Å². The topological polar surface area (TPSA) is 35.8 Å². The zero-order valence-corrected chi connectivity index (χ0v) is 8.96. The van der Waals surface area contributed by atoms with Gasteiger partial charge in [0.2, 0.25) is 0 Å². The van der Waals surface area contributed by atoms with E-state index in [2.05, 4.69) is 5.32 Å². The molecule has 0 bridgehead atoms. The second kappa shape index (κ2) is 4.91. The van der Waals surface area contributed by atoms with E-state index in [1.807, 2.05) is 12.1 Å². The fourth-order valence-corrected chi connectivity index (χ4v) is 1.84. The lowest BCUT2D eigenvalue weighted by Gasteiger charge is -2.15. The maximum atomic E-state index is 13.3. The summed E-state index contributed by atoms with van der Waals surface area (Å²) in [5.74, 6) is -0.439. The van der Waals surface area contributed by atoms with Gasteiger partial charge in [0.05, 0.1) is 5.56 Å². The molecule has 0 unspecified atom stereocenters. The van der Waals surface area contributed by atoms with E-state index in [-0.39, 0.29) is 5.56 Å². The lowest BCUT2D eigenvalue weighted by atomic mass is 10.0. The van der Waals surface area contributed by atoms with E-state index in [1.165, 1.54) is 17.7 Å². The highest BCUT2D eigenvalue weighted by atomic mass is 19.1. The van der Waals surface area contributed by atoms with Crippen molar-refractivity contribution < 1.29 is 4.39 Å². The fraction of sp³-hybridized carbons (Fsp3) is 0.308. The van der Waals surface area contributed by atoms with Gasteiger partial charge in [0.25, 0.3) is 0 Å². The fourth-order valence-electron chi connectivity index (χ4n) is 1.84. The molecule has 1 N–H and O–H groups in total. The molecule has 0 atom stereocenters. The van der Waals surface area contributed by atoms with Crippen LogP contribution in [0.3, 0.4) is 0 Å². The lowest BCUT2D eigenvalue weighted by molar-refractivity contribution is 0.612. The smallest absolute Gasteiger partial charge is 0.141 e. The quantitative estimate of drug-likeness (QED) is 0.782. The van der Waals surface area contributed by atoms with Gasteiger partial charge in [-0.05, 0) is 43.6 Å². The van der Waals surface area contributed by atoms with Crippen LogP contribution in [0.15, 0.2) is 23.8 Å². The summed E-state index contributed by atoms with van der Waals surface area (Å²) in [5.41, 5.74) is 2.28. The average Bonchev–Trinajstić information content (AvgIpc) is 2.31. The highest BCUT2D eigenvalue weighted by Crippen LogP contribution is 2.17. The van der Waals surface area contributed by atoms with Gasteiger partial charge >= 0.3 is 0 Å². The van der Waals surface area contributed by atoms with Gasteiger partial charge < -0.3 is 5.32 Å². The Morgan fingerprint density at radius 3 is 2.69 bits per heavy atom. The van der Waals surface area contributed by atoms with E-state index in [4.69, 9.17) is 5.26 Å². The Balaban J connectivity index is 2.21. The highest BCUT2D eigenvalue weighted by Gasteiger charge is 2.05. The second-order valence-electron chi connectivity index (χ2n) is 3.90. The van der Waals surface area contributed by atoms with Crippen molar-refractivity contribution in [3.63, 3.8) is 0 Å². The van der Waals surface area contributed by atoms with Crippen molar-refractivity contribution in [3.8, 4) is 6.07 Å². The van der Waals surface area contributed by atoms with E-state index in [0.29, 0.717) is 0 Å². The lowest BCUT2D eigenvalue weighted by Crippen LogP contribution is -2.22. The Bertz CT molecular complexity index is 449. The van der Waals surface area contributed by atoms with Crippen LogP contribution in [-0.4, -0.2) is 13.1 Å². The zero-order chi connectivity index (χ0) is 11.4. The number of benzene rings is 1. The van der Waals surface area contributed by atoms with Crippen molar-refractivity contribution >= 4 is 6.08 Å². The number of nitriles is 1. The molecule has 1 heterocycles. The molecule has 2 rings (SSSR count). The van der Waals surface area contributed by atoms with Crippen molar-refractivity contribution in [1.82, 2.24) is 5.32 Å². The number of nitrogens with zero attached hydrogens (tertiary/aromatic N) is 1. The second-order valence-corrected chi connectivity index (χ2v) is 3.90. The number of hydrogen-bond donors (Lipinski definition) is 1. The average molecular weight is 216 g/mol. The highest BCUT2D eigenvalue weighted by molar-refractivity contribution is 5.54. The Labute approximate surface area is 94.4 Å². The van der Waals surface area contributed by atoms with Gasteiger partial charge in [0.1, 0.15) is 11.9 Å². The van der Waals surface area contributed by atoms with Gasteiger partial charge in [0.15, 0.2) is 0 Å². The first kappa shape index (κ1) is 10.8. The molecule has 3 heteroatoms. The molecule has 1 saturated heterocycles. The summed E-state index contributed by atoms with van der Waals surface area (Å²) in [6.07, 6.45) is 4.05. The minimum Gasteiger partial charge on any atom is -0.316 e. The third kappa shape index (κ3) is 2.47. The molecule has 1 aromatic rings. The van der Waals surface area contributed by atoms with Crippen LogP contribution >= 0.6 is 0 Å². The summed E-state index contributed by atoms with van der Waals surface area (Å²) < 4.78 is 13.3. The van der Waals surface area contributed by atoms with Crippen LogP contribution in [-0.2, 0) is 0 Å². The number of hydrogen-bond acceptors (Lipinski definition) is 2. The summed E-state index contributed by atoms with van der Waals surface area (Å²) in [4.78, 5) is 0. The summed E-state index contributed by atoms with van der Waals surface area (Å²) in [5, 5.41) is 11.9. The minimum absolute atomic E-state index is 0.104. The van der Waals surface area contributed by atoms with Crippen LogP contribution in [0.2, 0.25) is 0 Å². The van der Waals surface area contributed by atoms with Gasteiger partial charge in [-0.3, -0.25) is 0 Å². The van der Waals surface area contributed by atoms with E-state index in [0.717, 1.165) is 31.5 Å². The molecule has 0 saturated carbocycles. The molecule has 1 aromatic carbocycles. The summed E-state index contributed by atoms with van der Waals surface area (Å²) in [7, 11) is 0. The number of halogens is 1. The van der Waals surface area contributed by atoms with Crippen LogP contribution < -0.4 is 5.32 Å². The molecule has 2 nitrogen and oxygen atoms in total. The molecule has 1 aliphatic rings. The normalized spacial score (nSPS) is 15.6. The molecule has 1 aliphatic heterocycles. The third-order valence-corrected chi connectivity index (χ3v) is 2.73. The number of piperidine rings is 1. The van der Waals surface area contributed by atoms with Crippen molar-refractivity contribution in [2.24, 2.45) is 0 Å². The van der Waals surface area contributed by atoms with Gasteiger partial charge in [-0.25, -0.2) is 4.39 Å². The Morgan fingerprint density at radius 1 is 1.31 bits per heavy atom. The zero-order valence-electron chi connectivity index (χ0n) is 8.96. The first-order chi connectivity index (χ1) is 7.79. The van der Waals surface area contributed by atoms with E-state index >= 15 is 0 Å². The van der Waals surface area contributed by atoms with Crippen LogP contribution in [0.5, 0.6) is 0 Å². The molecule has 0 radical (unpaired) electrons. The molecule has 0 aliphatic carbocycles.